The monoisotopic (exact) mass is 282 g/mol. The van der Waals surface area contributed by atoms with Gasteiger partial charge in [-0.3, -0.25) is 5.41 Å². The zero-order valence-corrected chi connectivity index (χ0v) is 11.8. The van der Waals surface area contributed by atoms with E-state index in [2.05, 4.69) is 13.8 Å². The summed E-state index contributed by atoms with van der Waals surface area (Å²) < 4.78 is 33.2. The van der Waals surface area contributed by atoms with Gasteiger partial charge in [0, 0.05) is 5.56 Å². The largest absolute Gasteiger partial charge is 0.484 e. The van der Waals surface area contributed by atoms with Gasteiger partial charge in [0.15, 0.2) is 17.4 Å². The van der Waals surface area contributed by atoms with Crippen molar-refractivity contribution < 1.29 is 13.5 Å². The molecule has 1 aromatic carbocycles. The minimum absolute atomic E-state index is 0.0251. The Bertz CT molecular complexity index is 496. The second-order valence-electron chi connectivity index (χ2n) is 6.16. The quantitative estimate of drug-likeness (QED) is 0.657. The van der Waals surface area contributed by atoms with Crippen LogP contribution in [-0.4, -0.2) is 11.9 Å². The summed E-state index contributed by atoms with van der Waals surface area (Å²) >= 11 is 0. The molecule has 0 aromatic heterocycles. The van der Waals surface area contributed by atoms with Crippen molar-refractivity contribution in [2.75, 3.05) is 0 Å². The van der Waals surface area contributed by atoms with Crippen LogP contribution in [0.1, 0.15) is 45.1 Å². The lowest BCUT2D eigenvalue weighted by atomic mass is 9.76. The summed E-state index contributed by atoms with van der Waals surface area (Å²) in [7, 11) is 0. The molecule has 1 aliphatic rings. The first kappa shape index (κ1) is 14.8. The minimum Gasteiger partial charge on any atom is -0.484 e. The van der Waals surface area contributed by atoms with Crippen molar-refractivity contribution in [2.45, 2.75) is 45.6 Å². The molecule has 1 fully saturated rings. The van der Waals surface area contributed by atoms with Crippen molar-refractivity contribution in [2.24, 2.45) is 11.1 Å². The predicted octanol–water partition coefficient (Wildman–Crippen LogP) is 3.60. The molecule has 0 atom stereocenters. The summed E-state index contributed by atoms with van der Waals surface area (Å²) in [5.41, 5.74) is 5.52. The number of nitrogens with one attached hydrogen (secondary N) is 1. The molecule has 3 N–H and O–H groups in total. The van der Waals surface area contributed by atoms with Crippen LogP contribution in [0, 0.1) is 22.5 Å². The standard InChI is InChI=1S/C15H20F2N2O/c1-15(2)5-3-10(4-6-15)20-13-11(16)7-9(14(18)19)8-12(13)17/h7-8,10H,3-6H2,1-2H3,(H3,18,19). The van der Waals surface area contributed by atoms with Crippen molar-refractivity contribution in [3.8, 4) is 5.75 Å². The van der Waals surface area contributed by atoms with Gasteiger partial charge in [-0.2, -0.15) is 0 Å². The summed E-state index contributed by atoms with van der Waals surface area (Å²) in [4.78, 5) is 0. The lowest BCUT2D eigenvalue weighted by molar-refractivity contribution is 0.0914. The number of hydrogen-bond acceptors (Lipinski definition) is 2. The van der Waals surface area contributed by atoms with Gasteiger partial charge in [-0.25, -0.2) is 8.78 Å². The minimum atomic E-state index is -0.806. The Labute approximate surface area is 117 Å². The second-order valence-corrected chi connectivity index (χ2v) is 6.16. The summed E-state index contributed by atoms with van der Waals surface area (Å²) in [6, 6.07) is 2.07. The van der Waals surface area contributed by atoms with E-state index >= 15 is 0 Å². The molecular formula is C15H20F2N2O. The molecule has 5 heteroatoms. The van der Waals surface area contributed by atoms with E-state index in [1.807, 2.05) is 0 Å². The molecule has 1 aliphatic carbocycles. The third kappa shape index (κ3) is 3.26. The Morgan fingerprint density at radius 1 is 1.25 bits per heavy atom. The van der Waals surface area contributed by atoms with Crippen LogP contribution in [0.5, 0.6) is 5.75 Å². The van der Waals surface area contributed by atoms with Crippen LogP contribution >= 0.6 is 0 Å². The summed E-state index contributed by atoms with van der Waals surface area (Å²) in [5.74, 6) is -2.34. The fraction of sp³-hybridized carbons (Fsp3) is 0.533. The fourth-order valence-electron chi connectivity index (χ4n) is 2.49. The molecule has 0 amide bonds. The Morgan fingerprint density at radius 2 is 1.75 bits per heavy atom. The van der Waals surface area contributed by atoms with Crippen molar-refractivity contribution in [1.29, 1.82) is 5.41 Å². The molecule has 2 rings (SSSR count). The van der Waals surface area contributed by atoms with Crippen molar-refractivity contribution >= 4 is 5.84 Å². The third-order valence-electron chi connectivity index (χ3n) is 3.88. The number of hydrogen-bond donors (Lipinski definition) is 2. The molecule has 0 spiro atoms. The van der Waals surface area contributed by atoms with E-state index < -0.39 is 11.6 Å². The lowest BCUT2D eigenvalue weighted by Crippen LogP contribution is -2.29. The summed E-state index contributed by atoms with van der Waals surface area (Å²) in [6.07, 6.45) is 3.38. The lowest BCUT2D eigenvalue weighted by Gasteiger charge is -2.34. The maximum absolute atomic E-state index is 13.9. The van der Waals surface area contributed by atoms with Crippen LogP contribution in [0.15, 0.2) is 12.1 Å². The topological polar surface area (TPSA) is 59.1 Å². The normalized spacial score (nSPS) is 18.8. The van der Waals surface area contributed by atoms with Gasteiger partial charge >= 0.3 is 0 Å². The van der Waals surface area contributed by atoms with Gasteiger partial charge in [-0.05, 0) is 43.2 Å². The second kappa shape index (κ2) is 5.38. The van der Waals surface area contributed by atoms with Crippen LogP contribution < -0.4 is 10.5 Å². The van der Waals surface area contributed by atoms with Crippen LogP contribution in [0.4, 0.5) is 8.78 Å². The van der Waals surface area contributed by atoms with E-state index in [1.54, 1.807) is 0 Å². The average Bonchev–Trinajstić information content (AvgIpc) is 2.35. The number of nitrogen functional groups attached to an aromatic ring is 1. The van der Waals surface area contributed by atoms with Gasteiger partial charge < -0.3 is 10.5 Å². The molecule has 0 radical (unpaired) electrons. The van der Waals surface area contributed by atoms with Gasteiger partial charge in [0.2, 0.25) is 0 Å². The van der Waals surface area contributed by atoms with Crippen LogP contribution in [0.3, 0.4) is 0 Å². The van der Waals surface area contributed by atoms with E-state index in [9.17, 15) is 8.78 Å². The molecule has 20 heavy (non-hydrogen) atoms. The van der Waals surface area contributed by atoms with E-state index in [0.717, 1.165) is 37.8 Å². The highest BCUT2D eigenvalue weighted by molar-refractivity contribution is 5.95. The van der Waals surface area contributed by atoms with Gasteiger partial charge in [0.25, 0.3) is 0 Å². The molecule has 0 saturated heterocycles. The Morgan fingerprint density at radius 3 is 2.20 bits per heavy atom. The van der Waals surface area contributed by atoms with Crippen molar-refractivity contribution in [3.63, 3.8) is 0 Å². The number of nitrogens with two attached hydrogens (primary N) is 1. The highest BCUT2D eigenvalue weighted by atomic mass is 19.1. The average molecular weight is 282 g/mol. The SMILES string of the molecule is CC1(C)CCC(Oc2c(F)cc(C(=N)N)cc2F)CC1. The number of amidine groups is 1. The number of ether oxygens (including phenoxy) is 1. The van der Waals surface area contributed by atoms with Crippen LogP contribution in [0.25, 0.3) is 0 Å². The summed E-state index contributed by atoms with van der Waals surface area (Å²) in [5, 5.41) is 7.20. The zero-order valence-electron chi connectivity index (χ0n) is 11.8. The molecular weight excluding hydrogens is 262 g/mol. The number of halogens is 2. The smallest absolute Gasteiger partial charge is 0.191 e. The molecule has 110 valence electrons. The molecule has 0 aliphatic heterocycles. The van der Waals surface area contributed by atoms with E-state index in [4.69, 9.17) is 15.9 Å². The zero-order chi connectivity index (χ0) is 14.9. The number of rotatable bonds is 3. The molecule has 0 bridgehead atoms. The Balaban J connectivity index is 2.12. The highest BCUT2D eigenvalue weighted by Crippen LogP contribution is 2.37. The summed E-state index contributed by atoms with van der Waals surface area (Å²) in [6.45, 7) is 4.37. The van der Waals surface area contributed by atoms with Crippen molar-refractivity contribution in [1.82, 2.24) is 0 Å². The van der Waals surface area contributed by atoms with E-state index in [0.29, 0.717) is 0 Å². The molecule has 1 saturated carbocycles. The third-order valence-corrected chi connectivity index (χ3v) is 3.88. The van der Waals surface area contributed by atoms with E-state index in [1.165, 1.54) is 0 Å². The molecule has 0 unspecified atom stereocenters. The van der Waals surface area contributed by atoms with Crippen LogP contribution in [-0.2, 0) is 0 Å². The fourth-order valence-corrected chi connectivity index (χ4v) is 2.49. The maximum Gasteiger partial charge on any atom is 0.191 e. The van der Waals surface area contributed by atoms with Gasteiger partial charge in [-0.15, -0.1) is 0 Å². The Hall–Kier alpha value is -1.65. The first-order chi connectivity index (χ1) is 9.28. The molecule has 0 heterocycles. The molecule has 1 aromatic rings. The van der Waals surface area contributed by atoms with Crippen molar-refractivity contribution in [3.05, 3.63) is 29.3 Å². The van der Waals surface area contributed by atoms with Gasteiger partial charge in [0.05, 0.1) is 6.10 Å². The van der Waals surface area contributed by atoms with Gasteiger partial charge in [-0.1, -0.05) is 13.8 Å². The molecule has 3 nitrogen and oxygen atoms in total. The van der Waals surface area contributed by atoms with Crippen LogP contribution in [0.2, 0.25) is 0 Å². The first-order valence-corrected chi connectivity index (χ1v) is 6.78. The first-order valence-electron chi connectivity index (χ1n) is 6.78. The highest BCUT2D eigenvalue weighted by Gasteiger charge is 2.29. The van der Waals surface area contributed by atoms with Gasteiger partial charge in [0.1, 0.15) is 5.84 Å². The van der Waals surface area contributed by atoms with E-state index in [-0.39, 0.29) is 28.7 Å². The Kier molecular flexibility index (Phi) is 3.97. The number of benzene rings is 1. The maximum atomic E-state index is 13.9. The predicted molar refractivity (Wildman–Crippen MR) is 74.0 cm³/mol.